The number of halogens is 1. The van der Waals surface area contributed by atoms with E-state index >= 15 is 0 Å². The quantitative estimate of drug-likeness (QED) is 0.786. The van der Waals surface area contributed by atoms with Crippen LogP contribution in [0.2, 0.25) is 5.02 Å². The van der Waals surface area contributed by atoms with Gasteiger partial charge in [-0.15, -0.1) is 0 Å². The lowest BCUT2D eigenvalue weighted by Gasteiger charge is -2.15. The van der Waals surface area contributed by atoms with Crippen LogP contribution in [-0.4, -0.2) is 38.7 Å². The van der Waals surface area contributed by atoms with E-state index < -0.39 is 21.5 Å². The summed E-state index contributed by atoms with van der Waals surface area (Å²) in [6, 6.07) is 4.83. The first-order valence-electron chi connectivity index (χ1n) is 5.63. The molecule has 0 radical (unpaired) electrons. The zero-order valence-electron chi connectivity index (χ0n) is 10.2. The van der Waals surface area contributed by atoms with Crippen LogP contribution in [0.25, 0.3) is 0 Å². The molecular formula is C12H12ClNO4S. The lowest BCUT2D eigenvalue weighted by atomic mass is 10.1. The predicted octanol–water partition coefficient (Wildman–Crippen LogP) is 1.30. The molecule has 0 unspecified atom stereocenters. The maximum atomic E-state index is 11.8. The maximum absolute atomic E-state index is 11.8. The highest BCUT2D eigenvalue weighted by atomic mass is 35.5. The average molecular weight is 302 g/mol. The number of hydrogen-bond acceptors (Lipinski definition) is 4. The number of benzene rings is 1. The number of amides is 1. The number of anilines is 1. The first-order chi connectivity index (χ1) is 8.81. The SMILES string of the molecule is CS(=O)(=O)CCCN1C(=O)C(=O)c2c(Cl)cccc21. The number of sulfone groups is 1. The van der Waals surface area contributed by atoms with Gasteiger partial charge in [-0.2, -0.15) is 0 Å². The molecule has 0 saturated carbocycles. The third-order valence-electron chi connectivity index (χ3n) is 2.85. The minimum absolute atomic E-state index is 0.0269. The van der Waals surface area contributed by atoms with Crippen LogP contribution in [0.5, 0.6) is 0 Å². The second kappa shape index (κ2) is 4.94. The molecule has 1 aliphatic rings. The molecule has 5 nitrogen and oxygen atoms in total. The molecule has 0 fully saturated rings. The number of rotatable bonds is 4. The van der Waals surface area contributed by atoms with Crippen molar-refractivity contribution in [2.45, 2.75) is 6.42 Å². The van der Waals surface area contributed by atoms with Gasteiger partial charge in [0.1, 0.15) is 9.84 Å². The summed E-state index contributed by atoms with van der Waals surface area (Å²) in [5.74, 6) is -1.32. The Labute approximate surface area is 116 Å². The van der Waals surface area contributed by atoms with Gasteiger partial charge in [0.15, 0.2) is 0 Å². The number of hydrogen-bond donors (Lipinski definition) is 0. The molecule has 1 aromatic rings. The fourth-order valence-electron chi connectivity index (χ4n) is 2.01. The van der Waals surface area contributed by atoms with Crippen LogP contribution in [-0.2, 0) is 14.6 Å². The average Bonchev–Trinajstić information content (AvgIpc) is 2.54. The standard InChI is InChI=1S/C12H12ClNO4S/c1-19(17,18)7-3-6-14-9-5-2-4-8(13)10(9)11(15)12(14)16/h2,4-5H,3,6-7H2,1H3. The normalized spacial score (nSPS) is 14.9. The van der Waals surface area contributed by atoms with Crippen molar-refractivity contribution < 1.29 is 18.0 Å². The Morgan fingerprint density at radius 2 is 1.95 bits per heavy atom. The summed E-state index contributed by atoms with van der Waals surface area (Å²) < 4.78 is 22.1. The van der Waals surface area contributed by atoms with Crippen molar-refractivity contribution in [3.8, 4) is 0 Å². The highest BCUT2D eigenvalue weighted by Gasteiger charge is 2.37. The highest BCUT2D eigenvalue weighted by molar-refractivity contribution is 7.90. The van der Waals surface area contributed by atoms with E-state index in [2.05, 4.69) is 0 Å². The van der Waals surface area contributed by atoms with Gasteiger partial charge in [0.2, 0.25) is 0 Å². The summed E-state index contributed by atoms with van der Waals surface area (Å²) in [6.07, 6.45) is 1.42. The molecule has 1 aliphatic heterocycles. The number of nitrogens with zero attached hydrogens (tertiary/aromatic N) is 1. The lowest BCUT2D eigenvalue weighted by molar-refractivity contribution is -0.114. The van der Waals surface area contributed by atoms with E-state index in [-0.39, 0.29) is 29.3 Å². The maximum Gasteiger partial charge on any atom is 0.299 e. The Bertz CT molecular complexity index is 654. The van der Waals surface area contributed by atoms with Crippen molar-refractivity contribution >= 4 is 38.8 Å². The second-order valence-electron chi connectivity index (χ2n) is 4.40. The number of carbonyl (C=O) groups excluding carboxylic acids is 2. The van der Waals surface area contributed by atoms with E-state index in [1.807, 2.05) is 0 Å². The van der Waals surface area contributed by atoms with Gasteiger partial charge < -0.3 is 4.90 Å². The Morgan fingerprint density at radius 1 is 1.26 bits per heavy atom. The van der Waals surface area contributed by atoms with E-state index in [1.54, 1.807) is 18.2 Å². The van der Waals surface area contributed by atoms with Gasteiger partial charge in [0.25, 0.3) is 11.7 Å². The van der Waals surface area contributed by atoms with Crippen LogP contribution in [0.3, 0.4) is 0 Å². The monoisotopic (exact) mass is 301 g/mol. The van der Waals surface area contributed by atoms with E-state index in [1.165, 1.54) is 4.90 Å². The van der Waals surface area contributed by atoms with Gasteiger partial charge in [-0.3, -0.25) is 9.59 Å². The molecule has 102 valence electrons. The summed E-state index contributed by atoms with van der Waals surface area (Å²) in [7, 11) is -3.08. The Balaban J connectivity index is 2.22. The van der Waals surface area contributed by atoms with Crippen LogP contribution in [0.4, 0.5) is 5.69 Å². The molecule has 1 aromatic carbocycles. The third-order valence-corrected chi connectivity index (χ3v) is 4.19. The molecular weight excluding hydrogens is 290 g/mol. The van der Waals surface area contributed by atoms with Crippen LogP contribution in [0, 0.1) is 0 Å². The molecule has 0 spiro atoms. The molecule has 0 bridgehead atoms. The first-order valence-corrected chi connectivity index (χ1v) is 8.07. The molecule has 0 aliphatic carbocycles. The van der Waals surface area contributed by atoms with Gasteiger partial charge in [0, 0.05) is 12.8 Å². The number of fused-ring (bicyclic) bond motifs is 1. The zero-order chi connectivity index (χ0) is 14.2. The second-order valence-corrected chi connectivity index (χ2v) is 7.07. The Kier molecular flexibility index (Phi) is 3.64. The number of carbonyl (C=O) groups is 2. The lowest BCUT2D eigenvalue weighted by Crippen LogP contribution is -2.31. The van der Waals surface area contributed by atoms with Gasteiger partial charge in [-0.25, -0.2) is 8.42 Å². The predicted molar refractivity (Wildman–Crippen MR) is 72.5 cm³/mol. The zero-order valence-corrected chi connectivity index (χ0v) is 11.8. The number of ketones is 1. The van der Waals surface area contributed by atoms with E-state index in [4.69, 9.17) is 11.6 Å². The van der Waals surface area contributed by atoms with Crippen LogP contribution in [0.15, 0.2) is 18.2 Å². The van der Waals surface area contributed by atoms with Gasteiger partial charge >= 0.3 is 0 Å². The fourth-order valence-corrected chi connectivity index (χ4v) is 2.92. The summed E-state index contributed by atoms with van der Waals surface area (Å²) >= 11 is 5.91. The molecule has 7 heteroatoms. The molecule has 2 rings (SSSR count). The molecule has 0 saturated heterocycles. The summed E-state index contributed by atoms with van der Waals surface area (Å²) in [6.45, 7) is 0.186. The molecule has 1 heterocycles. The Morgan fingerprint density at radius 3 is 2.58 bits per heavy atom. The van der Waals surface area contributed by atoms with Crippen LogP contribution < -0.4 is 4.90 Å². The van der Waals surface area contributed by atoms with E-state index in [0.717, 1.165) is 6.26 Å². The number of Topliss-reactive ketones (excluding diaryl/α,β-unsaturated/α-hetero) is 1. The van der Waals surface area contributed by atoms with Gasteiger partial charge in [0.05, 0.1) is 22.0 Å². The molecule has 19 heavy (non-hydrogen) atoms. The largest absolute Gasteiger partial charge is 0.305 e. The Hall–Kier alpha value is -1.40. The topological polar surface area (TPSA) is 71.5 Å². The van der Waals surface area contributed by atoms with Crippen molar-refractivity contribution in [1.82, 2.24) is 0 Å². The summed E-state index contributed by atoms with van der Waals surface area (Å²) in [5, 5.41) is 0.237. The first kappa shape index (κ1) is 14.0. The van der Waals surface area contributed by atoms with Crippen molar-refractivity contribution in [2.75, 3.05) is 23.5 Å². The van der Waals surface area contributed by atoms with Crippen molar-refractivity contribution in [1.29, 1.82) is 0 Å². The summed E-state index contributed by atoms with van der Waals surface area (Å²) in [4.78, 5) is 24.9. The minimum atomic E-state index is -3.08. The third kappa shape index (κ3) is 2.79. The summed E-state index contributed by atoms with van der Waals surface area (Å²) in [5.41, 5.74) is 0.657. The van der Waals surface area contributed by atoms with Gasteiger partial charge in [-0.1, -0.05) is 17.7 Å². The molecule has 1 amide bonds. The van der Waals surface area contributed by atoms with E-state index in [9.17, 15) is 18.0 Å². The smallest absolute Gasteiger partial charge is 0.299 e. The van der Waals surface area contributed by atoms with Gasteiger partial charge in [-0.05, 0) is 18.6 Å². The molecule has 0 aromatic heterocycles. The fraction of sp³-hybridized carbons (Fsp3) is 0.333. The van der Waals surface area contributed by atoms with Crippen molar-refractivity contribution in [2.24, 2.45) is 0 Å². The molecule has 0 atom stereocenters. The van der Waals surface area contributed by atoms with Crippen molar-refractivity contribution in [3.05, 3.63) is 28.8 Å². The van der Waals surface area contributed by atoms with Crippen LogP contribution in [0.1, 0.15) is 16.8 Å². The van der Waals surface area contributed by atoms with Crippen LogP contribution >= 0.6 is 11.6 Å². The molecule has 0 N–H and O–H groups in total. The highest BCUT2D eigenvalue weighted by Crippen LogP contribution is 2.33. The van der Waals surface area contributed by atoms with Crippen molar-refractivity contribution in [3.63, 3.8) is 0 Å². The minimum Gasteiger partial charge on any atom is -0.305 e. The van der Waals surface area contributed by atoms with E-state index in [0.29, 0.717) is 5.69 Å².